The lowest BCUT2D eigenvalue weighted by molar-refractivity contribution is 0.799. The minimum absolute atomic E-state index is 0.613. The van der Waals surface area contributed by atoms with E-state index in [4.69, 9.17) is 37.1 Å². The summed E-state index contributed by atoms with van der Waals surface area (Å²) in [6, 6.07) is 2.13. The highest BCUT2D eigenvalue weighted by molar-refractivity contribution is 6.42. The summed E-state index contributed by atoms with van der Waals surface area (Å²) >= 11 is 0. The summed E-state index contributed by atoms with van der Waals surface area (Å²) in [7, 11) is 24.4. The molecule has 0 saturated carbocycles. The molecule has 8 radical (unpaired) electrons. The molecule has 0 aromatic heterocycles. The zero-order valence-electron chi connectivity index (χ0n) is 9.79. The number of hydrogen-bond acceptors (Lipinski definition) is 1. The molecule has 2 N–H and O–H groups in total. The van der Waals surface area contributed by atoms with Crippen molar-refractivity contribution in [3.63, 3.8) is 0 Å². The van der Waals surface area contributed by atoms with Crippen LogP contribution in [0.5, 0.6) is 0 Å². The molecule has 0 aliphatic heterocycles. The number of rotatable bonds is 0. The second kappa shape index (κ2) is 3.18. The van der Waals surface area contributed by atoms with Gasteiger partial charge in [0.05, 0.1) is 31.4 Å². The lowest BCUT2D eigenvalue weighted by Crippen LogP contribution is -2.29. The number of fused-ring (bicyclic) bond motifs is 2. The SMILES string of the molecule is [B]C1([B])CCc2cc3c(c(N)c21)C([B])([B])CC3. The summed E-state index contributed by atoms with van der Waals surface area (Å²) in [6.45, 7) is 0. The summed E-state index contributed by atoms with van der Waals surface area (Å²) in [5, 5.41) is -1.68. The molecule has 0 amide bonds. The van der Waals surface area contributed by atoms with E-state index in [1.54, 1.807) is 0 Å². The van der Waals surface area contributed by atoms with Gasteiger partial charge >= 0.3 is 0 Å². The Labute approximate surface area is 108 Å². The number of hydrogen-bond donors (Lipinski definition) is 1. The zero-order chi connectivity index (χ0) is 12.4. The zero-order valence-corrected chi connectivity index (χ0v) is 9.79. The second-order valence-corrected chi connectivity index (χ2v) is 5.44. The molecule has 0 spiro atoms. The third-order valence-electron chi connectivity index (χ3n) is 4.08. The molecule has 0 unspecified atom stereocenters. The highest BCUT2D eigenvalue weighted by Crippen LogP contribution is 2.46. The maximum Gasteiger partial charge on any atom is 0.0684 e. The van der Waals surface area contributed by atoms with Gasteiger partial charge in [-0.3, -0.25) is 0 Å². The molecule has 0 bridgehead atoms. The van der Waals surface area contributed by atoms with Gasteiger partial charge in [-0.2, -0.15) is 0 Å². The lowest BCUT2D eigenvalue weighted by Gasteiger charge is -2.28. The van der Waals surface area contributed by atoms with Gasteiger partial charge in [-0.15, -0.1) is 0 Å². The van der Waals surface area contributed by atoms with E-state index in [0.717, 1.165) is 47.9 Å². The molecule has 76 valence electrons. The first-order chi connectivity index (χ1) is 7.83. The molecule has 0 atom stereocenters. The Morgan fingerprint density at radius 1 is 0.882 bits per heavy atom. The van der Waals surface area contributed by atoms with E-state index in [1.807, 2.05) is 0 Å². The number of aryl methyl sites for hydroxylation is 2. The van der Waals surface area contributed by atoms with Gasteiger partial charge in [-0.25, -0.2) is 0 Å². The average Bonchev–Trinajstić information content (AvgIpc) is 2.66. The topological polar surface area (TPSA) is 26.0 Å². The van der Waals surface area contributed by atoms with E-state index in [0.29, 0.717) is 5.69 Å². The molecule has 5 heteroatoms. The third-order valence-corrected chi connectivity index (χ3v) is 4.08. The fourth-order valence-electron chi connectivity index (χ4n) is 3.25. The minimum Gasteiger partial charge on any atom is -0.398 e. The van der Waals surface area contributed by atoms with Crippen molar-refractivity contribution in [3.8, 4) is 0 Å². The Morgan fingerprint density at radius 3 is 1.71 bits per heavy atom. The van der Waals surface area contributed by atoms with Crippen molar-refractivity contribution in [1.82, 2.24) is 0 Å². The van der Waals surface area contributed by atoms with Crippen molar-refractivity contribution >= 4 is 37.1 Å². The molecule has 0 saturated heterocycles. The predicted molar refractivity (Wildman–Crippen MR) is 73.9 cm³/mol. The van der Waals surface area contributed by atoms with E-state index in [9.17, 15) is 0 Å². The maximum atomic E-state index is 6.22. The van der Waals surface area contributed by atoms with Crippen LogP contribution in [0.15, 0.2) is 6.07 Å². The van der Waals surface area contributed by atoms with Crippen LogP contribution in [0.3, 0.4) is 0 Å². The Hall–Kier alpha value is -0.720. The van der Waals surface area contributed by atoms with Crippen LogP contribution in [0.25, 0.3) is 0 Å². The van der Waals surface area contributed by atoms with Crippen LogP contribution < -0.4 is 5.73 Å². The molecule has 1 aromatic rings. The third kappa shape index (κ3) is 1.44. The Kier molecular flexibility index (Phi) is 2.13. The summed E-state index contributed by atoms with van der Waals surface area (Å²) in [4.78, 5) is 0. The molecule has 2 aliphatic rings. The van der Waals surface area contributed by atoms with Gasteiger partial charge in [0.15, 0.2) is 0 Å². The fourth-order valence-corrected chi connectivity index (χ4v) is 3.25. The van der Waals surface area contributed by atoms with Crippen molar-refractivity contribution in [3.05, 3.63) is 28.3 Å². The number of nitrogens with two attached hydrogens (primary N) is 1. The van der Waals surface area contributed by atoms with Gasteiger partial charge in [-0.1, -0.05) is 29.3 Å². The molecular formula is C12H11B4N. The summed E-state index contributed by atoms with van der Waals surface area (Å²) in [5.41, 5.74) is 10.8. The molecule has 2 aliphatic carbocycles. The molecule has 1 nitrogen and oxygen atoms in total. The van der Waals surface area contributed by atoms with Crippen LogP contribution in [0, 0.1) is 0 Å². The normalized spacial score (nSPS) is 23.3. The van der Waals surface area contributed by atoms with Gasteiger partial charge in [0, 0.05) is 5.69 Å². The first-order valence-corrected chi connectivity index (χ1v) is 5.93. The van der Waals surface area contributed by atoms with Gasteiger partial charge in [0.1, 0.15) is 0 Å². The highest BCUT2D eigenvalue weighted by atomic mass is 14.6. The Bertz CT molecular complexity index is 465. The quantitative estimate of drug-likeness (QED) is 0.481. The minimum atomic E-state index is -0.840. The molecule has 0 fully saturated rings. The van der Waals surface area contributed by atoms with Crippen molar-refractivity contribution in [2.75, 3.05) is 5.73 Å². The largest absolute Gasteiger partial charge is 0.398 e. The van der Waals surface area contributed by atoms with E-state index >= 15 is 0 Å². The molecular weight excluding hydrogens is 201 g/mol. The van der Waals surface area contributed by atoms with Gasteiger partial charge < -0.3 is 5.73 Å². The van der Waals surface area contributed by atoms with Crippen molar-refractivity contribution in [2.45, 2.75) is 36.1 Å². The summed E-state index contributed by atoms with van der Waals surface area (Å²) in [5.74, 6) is 0. The molecule has 3 rings (SSSR count). The van der Waals surface area contributed by atoms with E-state index in [1.165, 1.54) is 0 Å². The standard InChI is InChI=1S/C12H11B4N/c13-11(14)3-1-6-5-7-2-4-12(15,16)9(7)10(17)8(6)11/h5H,1-4,17H2. The fraction of sp³-hybridized carbons (Fsp3) is 0.500. The number of benzene rings is 1. The molecule has 0 heterocycles. The lowest BCUT2D eigenvalue weighted by atomic mass is 9.48. The average molecular weight is 212 g/mol. The van der Waals surface area contributed by atoms with E-state index < -0.39 is 10.4 Å². The predicted octanol–water partition coefficient (Wildman–Crippen LogP) is 0.141. The Morgan fingerprint density at radius 2 is 1.29 bits per heavy atom. The van der Waals surface area contributed by atoms with Gasteiger partial charge in [-0.05, 0) is 35.1 Å². The van der Waals surface area contributed by atoms with Gasteiger partial charge in [0.25, 0.3) is 0 Å². The summed E-state index contributed by atoms with van der Waals surface area (Å²) in [6.07, 6.45) is 3.19. The van der Waals surface area contributed by atoms with Crippen molar-refractivity contribution < 1.29 is 0 Å². The van der Waals surface area contributed by atoms with Crippen LogP contribution in [0.1, 0.15) is 35.1 Å². The maximum absolute atomic E-state index is 6.22. The van der Waals surface area contributed by atoms with Crippen molar-refractivity contribution in [2.24, 2.45) is 0 Å². The summed E-state index contributed by atoms with van der Waals surface area (Å²) < 4.78 is 0. The first-order valence-electron chi connectivity index (χ1n) is 5.93. The van der Waals surface area contributed by atoms with Crippen LogP contribution in [-0.2, 0) is 23.3 Å². The van der Waals surface area contributed by atoms with Crippen LogP contribution in [0.2, 0.25) is 0 Å². The molecule has 1 aromatic carbocycles. The first kappa shape index (κ1) is 11.4. The highest BCUT2D eigenvalue weighted by Gasteiger charge is 2.38. The molecule has 17 heavy (non-hydrogen) atoms. The second-order valence-electron chi connectivity index (χ2n) is 5.44. The Balaban J connectivity index is 2.30. The monoisotopic (exact) mass is 213 g/mol. The van der Waals surface area contributed by atoms with Crippen LogP contribution in [-0.4, -0.2) is 31.4 Å². The van der Waals surface area contributed by atoms with E-state index in [-0.39, 0.29) is 0 Å². The van der Waals surface area contributed by atoms with Crippen LogP contribution >= 0.6 is 0 Å². The number of nitrogen functional groups attached to an aromatic ring is 1. The van der Waals surface area contributed by atoms with E-state index in [2.05, 4.69) is 6.07 Å². The smallest absolute Gasteiger partial charge is 0.0684 e. The van der Waals surface area contributed by atoms with Crippen molar-refractivity contribution in [1.29, 1.82) is 0 Å². The number of anilines is 1. The van der Waals surface area contributed by atoms with Gasteiger partial charge in [0.2, 0.25) is 0 Å². The van der Waals surface area contributed by atoms with Crippen LogP contribution in [0.4, 0.5) is 5.69 Å².